The molecule has 1 atom stereocenters. The van der Waals surface area contributed by atoms with Crippen LogP contribution in [-0.2, 0) is 4.74 Å². The van der Waals surface area contributed by atoms with E-state index in [2.05, 4.69) is 15.3 Å². The van der Waals surface area contributed by atoms with Crippen molar-refractivity contribution in [2.75, 3.05) is 7.11 Å². The van der Waals surface area contributed by atoms with Gasteiger partial charge in [-0.15, -0.1) is 0 Å². The molecular formula is C23H30N4O4. The van der Waals surface area contributed by atoms with Gasteiger partial charge < -0.3 is 24.2 Å². The van der Waals surface area contributed by atoms with Crippen LogP contribution in [0.2, 0.25) is 0 Å². The highest BCUT2D eigenvalue weighted by atomic mass is 16.6. The summed E-state index contributed by atoms with van der Waals surface area (Å²) in [6.07, 6.45) is 8.24. The molecule has 4 rings (SSSR count). The van der Waals surface area contributed by atoms with Crippen LogP contribution in [0.25, 0.3) is 22.4 Å². The molecule has 3 aromatic rings. The summed E-state index contributed by atoms with van der Waals surface area (Å²) in [5.41, 5.74) is 1.84. The molecule has 1 saturated carbocycles. The van der Waals surface area contributed by atoms with Gasteiger partial charge in [-0.05, 0) is 45.6 Å². The first-order chi connectivity index (χ1) is 14.8. The summed E-state index contributed by atoms with van der Waals surface area (Å²) in [6, 6.07) is 3.57. The number of methoxy groups -OCH3 is 1. The minimum absolute atomic E-state index is 0.248. The summed E-state index contributed by atoms with van der Waals surface area (Å²) in [4.78, 5) is 24.8. The molecule has 2 heterocycles. The molecule has 0 radical (unpaired) electrons. The molecule has 0 aliphatic heterocycles. The van der Waals surface area contributed by atoms with Crippen LogP contribution < -0.4 is 10.1 Å². The molecule has 0 saturated heterocycles. The Labute approximate surface area is 181 Å². The van der Waals surface area contributed by atoms with E-state index < -0.39 is 11.7 Å². The molecule has 1 amide bonds. The molecule has 1 aliphatic carbocycles. The second-order valence-corrected chi connectivity index (χ2v) is 9.08. The van der Waals surface area contributed by atoms with Crippen molar-refractivity contribution >= 4 is 17.1 Å². The number of ether oxygens (including phenoxy) is 2. The second-order valence-electron chi connectivity index (χ2n) is 9.08. The third-order valence-electron chi connectivity index (χ3n) is 5.61. The van der Waals surface area contributed by atoms with Gasteiger partial charge in [0.1, 0.15) is 17.2 Å². The number of nitrogens with zero attached hydrogens (tertiary/aromatic N) is 2. The Hall–Kier alpha value is -3.03. The minimum atomic E-state index is -0.561. The Morgan fingerprint density at radius 2 is 2.03 bits per heavy atom. The molecule has 2 N–H and O–H groups in total. The summed E-state index contributed by atoms with van der Waals surface area (Å²) in [5.74, 6) is 2.30. The number of amides is 1. The average Bonchev–Trinajstić information content (AvgIpc) is 3.39. The lowest BCUT2D eigenvalue weighted by Gasteiger charge is -2.30. The maximum absolute atomic E-state index is 12.6. The molecule has 166 valence electrons. The lowest BCUT2D eigenvalue weighted by atomic mass is 9.83. The summed E-state index contributed by atoms with van der Waals surface area (Å²) < 4.78 is 16.5. The summed E-state index contributed by atoms with van der Waals surface area (Å²) >= 11 is 0. The molecule has 8 heteroatoms. The number of hydrogen-bond acceptors (Lipinski definition) is 6. The van der Waals surface area contributed by atoms with E-state index in [-0.39, 0.29) is 6.04 Å². The van der Waals surface area contributed by atoms with Crippen molar-refractivity contribution in [3.8, 4) is 17.1 Å². The van der Waals surface area contributed by atoms with Crippen molar-refractivity contribution in [2.24, 2.45) is 5.92 Å². The van der Waals surface area contributed by atoms with E-state index in [1.807, 2.05) is 32.9 Å². The average molecular weight is 427 g/mol. The molecule has 1 aliphatic rings. The number of rotatable bonds is 5. The fourth-order valence-electron chi connectivity index (χ4n) is 4.23. The smallest absolute Gasteiger partial charge is 0.408 e. The highest BCUT2D eigenvalue weighted by molar-refractivity contribution is 5.85. The highest BCUT2D eigenvalue weighted by Gasteiger charge is 2.31. The molecular weight excluding hydrogens is 396 g/mol. The summed E-state index contributed by atoms with van der Waals surface area (Å²) in [5, 5.41) is 3.08. The fourth-order valence-corrected chi connectivity index (χ4v) is 4.23. The molecule has 0 spiro atoms. The van der Waals surface area contributed by atoms with Gasteiger partial charge in [0.05, 0.1) is 35.9 Å². The summed E-state index contributed by atoms with van der Waals surface area (Å²) in [6.45, 7) is 5.59. The van der Waals surface area contributed by atoms with Gasteiger partial charge in [-0.2, -0.15) is 0 Å². The topological polar surface area (TPSA) is 102 Å². The number of imidazole rings is 1. The lowest BCUT2D eigenvalue weighted by molar-refractivity contribution is 0.0472. The van der Waals surface area contributed by atoms with E-state index in [0.717, 1.165) is 48.1 Å². The second kappa shape index (κ2) is 8.61. The molecule has 8 nitrogen and oxygen atoms in total. The van der Waals surface area contributed by atoms with Gasteiger partial charge in [0, 0.05) is 6.07 Å². The predicted octanol–water partition coefficient (Wildman–Crippen LogP) is 5.37. The van der Waals surface area contributed by atoms with Crippen LogP contribution in [0, 0.1) is 5.92 Å². The Balaban J connectivity index is 1.70. The van der Waals surface area contributed by atoms with E-state index in [0.29, 0.717) is 17.4 Å². The first-order valence-electron chi connectivity index (χ1n) is 10.8. The zero-order valence-electron chi connectivity index (χ0n) is 18.5. The first kappa shape index (κ1) is 21.2. The zero-order chi connectivity index (χ0) is 22.0. The van der Waals surface area contributed by atoms with E-state index in [4.69, 9.17) is 18.9 Å². The van der Waals surface area contributed by atoms with Crippen LogP contribution in [0.5, 0.6) is 5.75 Å². The monoisotopic (exact) mass is 426 g/mol. The first-order valence-corrected chi connectivity index (χ1v) is 10.8. The number of hydrogen-bond donors (Lipinski definition) is 2. The Morgan fingerprint density at radius 1 is 1.26 bits per heavy atom. The van der Waals surface area contributed by atoms with Crippen LogP contribution in [0.1, 0.15) is 64.7 Å². The zero-order valence-corrected chi connectivity index (χ0v) is 18.5. The number of aromatic amines is 1. The normalized spacial score (nSPS) is 16.3. The van der Waals surface area contributed by atoms with E-state index in [9.17, 15) is 4.79 Å². The van der Waals surface area contributed by atoms with Crippen molar-refractivity contribution < 1.29 is 18.7 Å². The van der Waals surface area contributed by atoms with Crippen LogP contribution in [0.4, 0.5) is 4.79 Å². The standard InChI is InChI=1S/C23H30N4O4/c1-23(2,3)31-22(28)27-20(14-8-6-5-7-9-14)21-25-16-10-15(19-12-24-13-30-19)18(29-4)11-17(16)26-21/h10-14,20H,5-9H2,1-4H3,(H,25,26)(H,27,28)/t20-/m1/s1. The van der Waals surface area contributed by atoms with Gasteiger partial charge in [-0.3, -0.25) is 0 Å². The maximum atomic E-state index is 12.6. The van der Waals surface area contributed by atoms with E-state index in [1.165, 1.54) is 12.8 Å². The molecule has 2 aromatic heterocycles. The molecule has 0 unspecified atom stereocenters. The number of carbonyl (C=O) groups excluding carboxylic acids is 1. The van der Waals surface area contributed by atoms with Crippen molar-refractivity contribution in [3.63, 3.8) is 0 Å². The van der Waals surface area contributed by atoms with Crippen LogP contribution in [0.15, 0.2) is 29.1 Å². The molecule has 1 fully saturated rings. The molecule has 1 aromatic carbocycles. The van der Waals surface area contributed by atoms with Gasteiger partial charge in [-0.25, -0.2) is 14.8 Å². The Morgan fingerprint density at radius 3 is 2.68 bits per heavy atom. The van der Waals surface area contributed by atoms with Crippen LogP contribution in [-0.4, -0.2) is 33.8 Å². The van der Waals surface area contributed by atoms with Crippen LogP contribution in [0.3, 0.4) is 0 Å². The van der Waals surface area contributed by atoms with Crippen molar-refractivity contribution in [1.29, 1.82) is 0 Å². The minimum Gasteiger partial charge on any atom is -0.496 e. The molecule has 31 heavy (non-hydrogen) atoms. The number of H-pyrrole nitrogens is 1. The fraction of sp³-hybridized carbons (Fsp3) is 0.522. The number of fused-ring (bicyclic) bond motifs is 1. The van der Waals surface area contributed by atoms with Crippen molar-refractivity contribution in [2.45, 2.75) is 64.5 Å². The number of aromatic nitrogens is 3. The van der Waals surface area contributed by atoms with E-state index in [1.54, 1.807) is 13.3 Å². The largest absolute Gasteiger partial charge is 0.496 e. The maximum Gasteiger partial charge on any atom is 0.408 e. The third kappa shape index (κ3) is 4.84. The molecule has 0 bridgehead atoms. The highest BCUT2D eigenvalue weighted by Crippen LogP contribution is 2.37. The number of carbonyl (C=O) groups is 1. The lowest BCUT2D eigenvalue weighted by Crippen LogP contribution is -2.38. The van der Waals surface area contributed by atoms with Crippen molar-refractivity contribution in [3.05, 3.63) is 30.5 Å². The Bertz CT molecular complexity index is 1030. The SMILES string of the molecule is COc1cc2nc([C@H](NC(=O)OC(C)(C)C)C3CCCCC3)[nH]c2cc1-c1cnco1. The quantitative estimate of drug-likeness (QED) is 0.568. The van der Waals surface area contributed by atoms with Crippen molar-refractivity contribution in [1.82, 2.24) is 20.3 Å². The van der Waals surface area contributed by atoms with Gasteiger partial charge >= 0.3 is 6.09 Å². The third-order valence-corrected chi connectivity index (χ3v) is 5.61. The number of oxazole rings is 1. The van der Waals surface area contributed by atoms with Gasteiger partial charge in [0.15, 0.2) is 12.2 Å². The number of nitrogens with one attached hydrogen (secondary N) is 2. The summed E-state index contributed by atoms with van der Waals surface area (Å²) in [7, 11) is 1.61. The number of alkyl carbamates (subject to hydrolysis) is 1. The van der Waals surface area contributed by atoms with Crippen LogP contribution >= 0.6 is 0 Å². The Kier molecular flexibility index (Phi) is 5.89. The predicted molar refractivity (Wildman–Crippen MR) is 117 cm³/mol. The van der Waals surface area contributed by atoms with Gasteiger partial charge in [-0.1, -0.05) is 19.3 Å². The number of benzene rings is 1. The van der Waals surface area contributed by atoms with Gasteiger partial charge in [0.2, 0.25) is 0 Å². The van der Waals surface area contributed by atoms with Gasteiger partial charge in [0.25, 0.3) is 0 Å². The van der Waals surface area contributed by atoms with E-state index >= 15 is 0 Å².